The van der Waals surface area contributed by atoms with Crippen LogP contribution >= 0.6 is 0 Å². The number of hydrogen-bond acceptors (Lipinski definition) is 4. The molecule has 0 aromatic heterocycles. The van der Waals surface area contributed by atoms with E-state index < -0.39 is 12.9 Å². The molecule has 0 spiro atoms. The van der Waals surface area contributed by atoms with E-state index in [9.17, 15) is 9.59 Å². The molecule has 0 aliphatic heterocycles. The van der Waals surface area contributed by atoms with Gasteiger partial charge in [0.2, 0.25) is 0 Å². The lowest BCUT2D eigenvalue weighted by atomic mass is 10.1. The molecule has 0 radical (unpaired) electrons. The Labute approximate surface area is 215 Å². The number of ether oxygens (including phenoxy) is 2. The maximum absolute atomic E-state index is 12.9. The molecule has 35 heavy (non-hydrogen) atoms. The number of nitrogens with zero attached hydrogens (tertiary/aromatic N) is 1. The number of nitrogens with one attached hydrogen (secondary N) is 1. The summed E-state index contributed by atoms with van der Waals surface area (Å²) in [5, 5.41) is 2.85. The van der Waals surface area contributed by atoms with Gasteiger partial charge in [-0.1, -0.05) is 51.2 Å². The molecule has 0 heterocycles. The largest absolute Gasteiger partial charge is 0.493 e. The summed E-state index contributed by atoms with van der Waals surface area (Å²) >= 11 is 0. The van der Waals surface area contributed by atoms with Crippen LogP contribution in [0.4, 0.5) is 5.69 Å². The maximum atomic E-state index is 12.9. The number of para-hydroxylation sites is 1. The molecule has 0 aliphatic rings. The highest BCUT2D eigenvalue weighted by Crippen LogP contribution is 2.21. The Morgan fingerprint density at radius 1 is 0.886 bits per heavy atom. The van der Waals surface area contributed by atoms with Crippen LogP contribution in [-0.2, 0) is 4.74 Å². The van der Waals surface area contributed by atoms with Crippen molar-refractivity contribution in [3.63, 3.8) is 0 Å². The Bertz CT molecular complexity index is 1010. The number of carbonyl (C=O) groups is 2. The summed E-state index contributed by atoms with van der Waals surface area (Å²) in [7, 11) is 0. The summed E-state index contributed by atoms with van der Waals surface area (Å²) in [6, 6.07) is 13.6. The molecule has 0 saturated heterocycles. The minimum Gasteiger partial charge on any atom is -0.493 e. The Morgan fingerprint density at radius 2 is 1.57 bits per heavy atom. The Morgan fingerprint density at radius 3 is 2.26 bits per heavy atom. The van der Waals surface area contributed by atoms with Gasteiger partial charge in [0.05, 0.1) is 41.9 Å². The number of quaternary nitrogens is 1. The molecular formula is C29H43N2O4+. The number of anilines is 1. The first kappa shape index (κ1) is 23.9. The van der Waals surface area contributed by atoms with Crippen molar-refractivity contribution in [2.45, 2.75) is 59.3 Å². The molecule has 6 heteroatoms. The number of hydrogen-bond donors (Lipinski definition) is 1. The molecule has 2 rings (SSSR count). The Balaban J connectivity index is 1.89. The highest BCUT2D eigenvalue weighted by molar-refractivity contribution is 6.06. The number of amides is 1. The summed E-state index contributed by atoms with van der Waals surface area (Å²) in [4.78, 5) is 25.4. The number of unbranched alkanes of at least 4 members (excludes halogenated alkanes) is 5. The molecule has 0 unspecified atom stereocenters. The maximum Gasteiger partial charge on any atom is 0.338 e. The van der Waals surface area contributed by atoms with Crippen LogP contribution in [0.3, 0.4) is 0 Å². The van der Waals surface area contributed by atoms with Gasteiger partial charge in [-0.3, -0.25) is 4.79 Å². The first-order valence-electron chi connectivity index (χ1n) is 14.3. The lowest BCUT2D eigenvalue weighted by molar-refractivity contribution is -0.906. The lowest BCUT2D eigenvalue weighted by Crippen LogP contribution is -2.46. The van der Waals surface area contributed by atoms with Crippen molar-refractivity contribution in [2.24, 2.45) is 0 Å². The van der Waals surface area contributed by atoms with Gasteiger partial charge in [-0.05, 0) is 56.7 Å². The highest BCUT2D eigenvalue weighted by Gasteiger charge is 2.18. The molecule has 0 aliphatic carbocycles. The van der Waals surface area contributed by atoms with Crippen molar-refractivity contribution in [2.75, 3.05) is 45.1 Å². The van der Waals surface area contributed by atoms with Crippen molar-refractivity contribution in [3.8, 4) is 5.75 Å². The summed E-state index contributed by atoms with van der Waals surface area (Å²) in [5.41, 5.74) is 1.31. The van der Waals surface area contributed by atoms with Crippen LogP contribution in [0.15, 0.2) is 48.5 Å². The molecule has 1 amide bonds. The Kier molecular flexibility index (Phi) is 10.4. The van der Waals surface area contributed by atoms with Crippen molar-refractivity contribution in [3.05, 3.63) is 59.7 Å². The molecule has 6 nitrogen and oxygen atoms in total. The summed E-state index contributed by atoms with van der Waals surface area (Å²) < 4.78 is 34.6. The summed E-state index contributed by atoms with van der Waals surface area (Å²) in [6.45, 7) is 5.30. The van der Waals surface area contributed by atoms with Crippen molar-refractivity contribution in [1.29, 1.82) is 0 Å². The van der Waals surface area contributed by atoms with Gasteiger partial charge in [0.25, 0.3) is 5.91 Å². The van der Waals surface area contributed by atoms with Crippen molar-refractivity contribution in [1.82, 2.24) is 0 Å². The minimum atomic E-state index is -2.17. The van der Waals surface area contributed by atoms with Gasteiger partial charge in [-0.25, -0.2) is 4.79 Å². The molecule has 0 saturated carbocycles. The fourth-order valence-corrected chi connectivity index (χ4v) is 3.67. The third kappa shape index (κ3) is 9.73. The monoisotopic (exact) mass is 486 g/mol. The van der Waals surface area contributed by atoms with Crippen molar-refractivity contribution < 1.29 is 27.7 Å². The SMILES string of the molecule is [2H]C([2H])([2H])[N+](CC)(CC)CCOC(=O)c1ccc(NC(=O)c2ccccc2OCCCCCCCC)cc1. The molecule has 1 N–H and O–H groups in total. The fraction of sp³-hybridized carbons (Fsp3) is 0.517. The van der Waals surface area contributed by atoms with Gasteiger partial charge in [0.15, 0.2) is 0 Å². The van der Waals surface area contributed by atoms with Gasteiger partial charge in [0, 0.05) is 5.69 Å². The van der Waals surface area contributed by atoms with E-state index in [1.54, 1.807) is 42.5 Å². The minimum absolute atomic E-state index is 0.00686. The van der Waals surface area contributed by atoms with Crippen LogP contribution in [0.1, 0.15) is 84.1 Å². The second kappa shape index (κ2) is 15.2. The molecule has 0 fully saturated rings. The zero-order chi connectivity index (χ0) is 28.0. The Hall–Kier alpha value is -2.86. The van der Waals surface area contributed by atoms with Crippen LogP contribution in [-0.4, -0.2) is 56.2 Å². The van der Waals surface area contributed by atoms with E-state index in [2.05, 4.69) is 12.2 Å². The third-order valence-electron chi connectivity index (χ3n) is 6.23. The predicted molar refractivity (Wildman–Crippen MR) is 142 cm³/mol. The van der Waals surface area contributed by atoms with E-state index in [4.69, 9.17) is 13.6 Å². The van der Waals surface area contributed by atoms with E-state index in [1.807, 2.05) is 19.9 Å². The normalized spacial score (nSPS) is 12.8. The van der Waals surface area contributed by atoms with Crippen LogP contribution < -0.4 is 10.1 Å². The van der Waals surface area contributed by atoms with E-state index >= 15 is 0 Å². The topological polar surface area (TPSA) is 64.6 Å². The smallest absolute Gasteiger partial charge is 0.338 e. The molecular weight excluding hydrogens is 440 g/mol. The number of rotatable bonds is 16. The first-order valence-corrected chi connectivity index (χ1v) is 12.8. The molecule has 2 aromatic carbocycles. The average molecular weight is 487 g/mol. The molecule has 192 valence electrons. The van der Waals surface area contributed by atoms with Gasteiger partial charge in [0.1, 0.15) is 18.9 Å². The van der Waals surface area contributed by atoms with Gasteiger partial charge in [-0.2, -0.15) is 0 Å². The molecule has 0 bridgehead atoms. The fourth-order valence-electron chi connectivity index (χ4n) is 3.67. The number of likely N-dealkylation sites (N-methyl/N-ethyl adjacent to an activating group) is 1. The quantitative estimate of drug-likeness (QED) is 0.171. The van der Waals surface area contributed by atoms with E-state index in [1.165, 1.54) is 25.7 Å². The van der Waals surface area contributed by atoms with E-state index in [0.29, 0.717) is 42.3 Å². The van der Waals surface area contributed by atoms with Crippen LogP contribution in [0.2, 0.25) is 0 Å². The highest BCUT2D eigenvalue weighted by atomic mass is 16.5. The molecule has 0 atom stereocenters. The second-order valence-electron chi connectivity index (χ2n) is 8.78. The van der Waals surface area contributed by atoms with Gasteiger partial charge >= 0.3 is 5.97 Å². The summed E-state index contributed by atoms with van der Waals surface area (Å²) in [5.74, 6) is -0.284. The number of carbonyl (C=O) groups excluding carboxylic acids is 2. The van der Waals surface area contributed by atoms with Crippen LogP contribution in [0.5, 0.6) is 5.75 Å². The van der Waals surface area contributed by atoms with Crippen molar-refractivity contribution >= 4 is 17.6 Å². The van der Waals surface area contributed by atoms with E-state index in [0.717, 1.165) is 12.8 Å². The molecule has 2 aromatic rings. The number of benzene rings is 2. The lowest BCUT2D eigenvalue weighted by Gasteiger charge is -2.31. The predicted octanol–water partition coefficient (Wildman–Crippen LogP) is 6.32. The number of esters is 1. The standard InChI is InChI=1S/C29H42N2O4/c1-5-8-9-10-11-14-22-34-27-16-13-12-15-26(27)28(32)30-25-19-17-24(18-20-25)29(33)35-23-21-31(4,6-2)7-3/h12-13,15-20H,5-11,14,21-23H2,1-4H3/p+1/i4D3. The van der Waals surface area contributed by atoms with Gasteiger partial charge in [-0.15, -0.1) is 0 Å². The van der Waals surface area contributed by atoms with E-state index in [-0.39, 0.29) is 23.5 Å². The summed E-state index contributed by atoms with van der Waals surface area (Å²) in [6.07, 6.45) is 6.98. The van der Waals surface area contributed by atoms with Crippen LogP contribution in [0.25, 0.3) is 0 Å². The van der Waals surface area contributed by atoms with Crippen LogP contribution in [0, 0.1) is 0 Å². The van der Waals surface area contributed by atoms with Gasteiger partial charge < -0.3 is 19.3 Å². The zero-order valence-corrected chi connectivity index (χ0v) is 21.5. The second-order valence-corrected chi connectivity index (χ2v) is 8.78. The average Bonchev–Trinajstić information content (AvgIpc) is 2.90. The first-order chi connectivity index (χ1) is 18.2. The third-order valence-corrected chi connectivity index (χ3v) is 6.23. The zero-order valence-electron chi connectivity index (χ0n) is 24.5.